The Labute approximate surface area is 96.6 Å². The summed E-state index contributed by atoms with van der Waals surface area (Å²) >= 11 is 0. The number of carbonyl (C=O) groups excluding carboxylic acids is 1. The van der Waals surface area contributed by atoms with E-state index in [-0.39, 0.29) is 5.97 Å². The van der Waals surface area contributed by atoms with E-state index in [1.54, 1.807) is 5.01 Å². The third kappa shape index (κ3) is 2.21. The van der Waals surface area contributed by atoms with Gasteiger partial charge in [0.15, 0.2) is 0 Å². The number of carbonyl (C=O) groups is 1. The van der Waals surface area contributed by atoms with Gasteiger partial charge < -0.3 is 9.75 Å². The Morgan fingerprint density at radius 2 is 2.25 bits per heavy atom. The first-order valence-corrected chi connectivity index (χ1v) is 6.11. The van der Waals surface area contributed by atoms with Gasteiger partial charge in [0, 0.05) is 13.1 Å². The number of nitrogens with one attached hydrogen (secondary N) is 1. The molecule has 0 aromatic rings. The van der Waals surface area contributed by atoms with Crippen LogP contribution < -0.4 is 5.43 Å². The third-order valence-corrected chi connectivity index (χ3v) is 3.43. The summed E-state index contributed by atoms with van der Waals surface area (Å²) in [7, 11) is 1.87. The van der Waals surface area contributed by atoms with Crippen molar-refractivity contribution in [2.75, 3.05) is 13.7 Å². The lowest BCUT2D eigenvalue weighted by Gasteiger charge is -2.21. The molecule has 0 aromatic heterocycles. The van der Waals surface area contributed by atoms with Gasteiger partial charge in [-0.25, -0.2) is 10.2 Å². The lowest BCUT2D eigenvalue weighted by atomic mass is 9.99. The highest BCUT2D eigenvalue weighted by atomic mass is 16.5. The van der Waals surface area contributed by atoms with E-state index >= 15 is 0 Å². The second-order valence-corrected chi connectivity index (χ2v) is 4.53. The molecule has 0 bridgehead atoms. The SMILES string of the molecule is CCOC(=O)C1=CC(C2CCCC2)NN1C. The summed E-state index contributed by atoms with van der Waals surface area (Å²) in [4.78, 5) is 11.6. The average molecular weight is 224 g/mol. The topological polar surface area (TPSA) is 41.6 Å². The molecule has 4 nitrogen and oxygen atoms in total. The summed E-state index contributed by atoms with van der Waals surface area (Å²) in [5.41, 5.74) is 3.98. The highest BCUT2D eigenvalue weighted by Crippen LogP contribution is 2.31. The molecule has 1 fully saturated rings. The Hall–Kier alpha value is -1.03. The van der Waals surface area contributed by atoms with Crippen LogP contribution in [0.1, 0.15) is 32.6 Å². The van der Waals surface area contributed by atoms with Crippen LogP contribution >= 0.6 is 0 Å². The monoisotopic (exact) mass is 224 g/mol. The van der Waals surface area contributed by atoms with Crippen molar-refractivity contribution in [3.8, 4) is 0 Å². The van der Waals surface area contributed by atoms with Crippen LogP contribution in [0.25, 0.3) is 0 Å². The van der Waals surface area contributed by atoms with Crippen molar-refractivity contribution in [2.45, 2.75) is 38.6 Å². The molecule has 0 amide bonds. The van der Waals surface area contributed by atoms with E-state index < -0.39 is 0 Å². The van der Waals surface area contributed by atoms with Gasteiger partial charge in [-0.15, -0.1) is 0 Å². The molecule has 1 N–H and O–H groups in total. The lowest BCUT2D eigenvalue weighted by molar-refractivity contribution is -0.140. The van der Waals surface area contributed by atoms with Crippen LogP contribution in [-0.2, 0) is 9.53 Å². The van der Waals surface area contributed by atoms with E-state index in [2.05, 4.69) is 5.43 Å². The predicted octanol–water partition coefficient (Wildman–Crippen LogP) is 1.44. The molecule has 2 aliphatic rings. The van der Waals surface area contributed by atoms with E-state index in [0.29, 0.717) is 24.3 Å². The maximum absolute atomic E-state index is 11.6. The number of likely N-dealkylation sites (N-methyl/N-ethyl adjacent to an activating group) is 1. The Bertz CT molecular complexity index is 295. The van der Waals surface area contributed by atoms with E-state index in [9.17, 15) is 4.79 Å². The molecule has 4 heteroatoms. The van der Waals surface area contributed by atoms with Crippen molar-refractivity contribution in [1.29, 1.82) is 0 Å². The van der Waals surface area contributed by atoms with Crippen LogP contribution in [0.2, 0.25) is 0 Å². The average Bonchev–Trinajstić information content (AvgIpc) is 2.86. The van der Waals surface area contributed by atoms with Crippen molar-refractivity contribution >= 4 is 5.97 Å². The van der Waals surface area contributed by atoms with E-state index in [1.165, 1.54) is 25.7 Å². The quantitative estimate of drug-likeness (QED) is 0.737. The van der Waals surface area contributed by atoms with Crippen LogP contribution in [-0.4, -0.2) is 30.7 Å². The van der Waals surface area contributed by atoms with Crippen molar-refractivity contribution in [3.05, 3.63) is 11.8 Å². The van der Waals surface area contributed by atoms with Crippen molar-refractivity contribution < 1.29 is 9.53 Å². The molecule has 90 valence electrons. The molecule has 1 unspecified atom stereocenters. The molecule has 0 spiro atoms. The molecule has 1 saturated carbocycles. The van der Waals surface area contributed by atoms with E-state index in [4.69, 9.17) is 4.74 Å². The fraction of sp³-hybridized carbons (Fsp3) is 0.750. The van der Waals surface area contributed by atoms with Gasteiger partial charge in [-0.2, -0.15) is 0 Å². The zero-order chi connectivity index (χ0) is 11.5. The second-order valence-electron chi connectivity index (χ2n) is 4.53. The zero-order valence-electron chi connectivity index (χ0n) is 10.0. The molecule has 0 radical (unpaired) electrons. The number of hydrogen-bond acceptors (Lipinski definition) is 4. The minimum Gasteiger partial charge on any atom is -0.461 e. The van der Waals surface area contributed by atoms with Gasteiger partial charge in [0.1, 0.15) is 5.70 Å². The number of hydrogen-bond donors (Lipinski definition) is 1. The third-order valence-electron chi connectivity index (χ3n) is 3.43. The van der Waals surface area contributed by atoms with Gasteiger partial charge in [0.25, 0.3) is 0 Å². The second kappa shape index (κ2) is 4.87. The van der Waals surface area contributed by atoms with Crippen LogP contribution in [0.4, 0.5) is 0 Å². The maximum Gasteiger partial charge on any atom is 0.355 e. The van der Waals surface area contributed by atoms with Crippen LogP contribution in [0, 0.1) is 5.92 Å². The molecule has 0 saturated heterocycles. The zero-order valence-corrected chi connectivity index (χ0v) is 10.0. The van der Waals surface area contributed by atoms with Gasteiger partial charge in [0.2, 0.25) is 0 Å². The molecular formula is C12H20N2O2. The van der Waals surface area contributed by atoms with E-state index in [0.717, 1.165) is 0 Å². The van der Waals surface area contributed by atoms with Crippen molar-refractivity contribution in [3.63, 3.8) is 0 Å². The highest BCUT2D eigenvalue weighted by molar-refractivity contribution is 5.88. The Morgan fingerprint density at radius 1 is 1.56 bits per heavy atom. The first-order valence-electron chi connectivity index (χ1n) is 6.11. The molecular weight excluding hydrogens is 204 g/mol. The molecule has 1 aliphatic heterocycles. The molecule has 0 aromatic carbocycles. The van der Waals surface area contributed by atoms with Crippen LogP contribution in [0.5, 0.6) is 0 Å². The van der Waals surface area contributed by atoms with Gasteiger partial charge in [-0.1, -0.05) is 12.8 Å². The van der Waals surface area contributed by atoms with Gasteiger partial charge in [-0.05, 0) is 31.8 Å². The minimum absolute atomic E-state index is 0.224. The van der Waals surface area contributed by atoms with Gasteiger partial charge in [0.05, 0.1) is 6.61 Å². The van der Waals surface area contributed by atoms with E-state index in [1.807, 2.05) is 20.0 Å². The summed E-state index contributed by atoms with van der Waals surface area (Å²) in [6.07, 6.45) is 7.18. The smallest absolute Gasteiger partial charge is 0.355 e. The summed E-state index contributed by atoms with van der Waals surface area (Å²) in [5.74, 6) is 0.451. The normalized spacial score (nSPS) is 26.0. The largest absolute Gasteiger partial charge is 0.461 e. The minimum atomic E-state index is -0.224. The van der Waals surface area contributed by atoms with Crippen molar-refractivity contribution in [2.24, 2.45) is 5.92 Å². The predicted molar refractivity (Wildman–Crippen MR) is 61.4 cm³/mol. The number of ether oxygens (including phenoxy) is 1. The number of nitrogens with zero attached hydrogens (tertiary/aromatic N) is 1. The molecule has 1 heterocycles. The molecule has 1 aliphatic carbocycles. The Kier molecular flexibility index (Phi) is 3.49. The summed E-state index contributed by atoms with van der Waals surface area (Å²) in [6, 6.07) is 0.312. The van der Waals surface area contributed by atoms with Crippen LogP contribution in [0.15, 0.2) is 11.8 Å². The fourth-order valence-corrected chi connectivity index (χ4v) is 2.58. The number of hydrazine groups is 1. The molecule has 2 rings (SSSR count). The molecule has 1 atom stereocenters. The van der Waals surface area contributed by atoms with Gasteiger partial charge >= 0.3 is 5.97 Å². The Balaban J connectivity index is 2.01. The van der Waals surface area contributed by atoms with Gasteiger partial charge in [-0.3, -0.25) is 0 Å². The summed E-state index contributed by atoms with van der Waals surface area (Å²) in [5, 5.41) is 1.79. The summed E-state index contributed by atoms with van der Waals surface area (Å²) < 4.78 is 5.02. The highest BCUT2D eigenvalue weighted by Gasteiger charge is 2.32. The standard InChI is InChI=1S/C12H20N2O2/c1-3-16-12(15)11-8-10(13-14(11)2)9-6-4-5-7-9/h8-10,13H,3-7H2,1-2H3. The fourth-order valence-electron chi connectivity index (χ4n) is 2.58. The summed E-state index contributed by atoms with van der Waals surface area (Å²) in [6.45, 7) is 2.26. The first-order chi connectivity index (χ1) is 7.72. The van der Waals surface area contributed by atoms with Crippen molar-refractivity contribution in [1.82, 2.24) is 10.4 Å². The number of esters is 1. The van der Waals surface area contributed by atoms with Crippen LogP contribution in [0.3, 0.4) is 0 Å². The Morgan fingerprint density at radius 3 is 2.88 bits per heavy atom. The lowest BCUT2D eigenvalue weighted by Crippen LogP contribution is -2.38. The first kappa shape index (κ1) is 11.5. The maximum atomic E-state index is 11.6. The number of rotatable bonds is 3. The molecule has 16 heavy (non-hydrogen) atoms.